The van der Waals surface area contributed by atoms with Crippen LogP contribution in [-0.2, 0) is 16.2 Å². The fourth-order valence-electron chi connectivity index (χ4n) is 4.91. The second-order valence-electron chi connectivity index (χ2n) is 11.0. The van der Waals surface area contributed by atoms with E-state index < -0.39 is 70.7 Å². The van der Waals surface area contributed by atoms with E-state index in [0.717, 1.165) is 11.1 Å². The zero-order valence-corrected chi connectivity index (χ0v) is 27.9. The van der Waals surface area contributed by atoms with Crippen LogP contribution >= 0.6 is 11.6 Å². The number of ether oxygens (including phenoxy) is 1. The molecule has 53 heavy (non-hydrogen) atoms. The molecule has 6 rings (SSSR count). The standard InChI is InChI=1S/C25H19NO7.C12H8ClNO6/c27-21(28)13-26-24(30)22-23(29)19-12-17(8-11-20(19)33-25(22)31)16-6-9-18(10-7-16)32-14-15-4-2-1-3-5-15;13-6-3-1-2-5-9(17)8(12(19)20-10(5)6)11(18)14-4-7(15)16/h1-12,29H,13-14H2,(H,26,30)(H,27,28);1-3,17H,4H2,(H,14,18)(H,15,16). The molecule has 6 aromatic rings. The number of aliphatic carboxylic acids is 2. The number of para-hydroxylation sites is 1. The van der Waals surface area contributed by atoms with Gasteiger partial charge in [-0.25, -0.2) is 9.59 Å². The SMILES string of the molecule is O=C(O)CNC(=O)c1c(O)c2cc(-c3ccc(OCc4ccccc4)cc3)ccc2oc1=O.O=C(O)CNC(=O)c1c(O)c2cccc(Cl)c2oc1=O. The van der Waals surface area contributed by atoms with Gasteiger partial charge >= 0.3 is 23.2 Å². The molecule has 0 aliphatic carbocycles. The molecule has 2 aromatic heterocycles. The highest BCUT2D eigenvalue weighted by Crippen LogP contribution is 2.32. The topological polar surface area (TPSA) is 243 Å². The van der Waals surface area contributed by atoms with Crippen molar-refractivity contribution in [2.24, 2.45) is 0 Å². The highest BCUT2D eigenvalue weighted by Gasteiger charge is 2.23. The molecule has 6 N–H and O–H groups in total. The monoisotopic (exact) mass is 742 g/mol. The summed E-state index contributed by atoms with van der Waals surface area (Å²) in [5.41, 5.74) is -0.862. The van der Waals surface area contributed by atoms with Crippen molar-refractivity contribution < 1.29 is 53.2 Å². The number of carbonyl (C=O) groups excluding carboxylic acids is 2. The maximum absolute atomic E-state index is 12.2. The van der Waals surface area contributed by atoms with Gasteiger partial charge in [0.2, 0.25) is 0 Å². The van der Waals surface area contributed by atoms with Gasteiger partial charge in [-0.3, -0.25) is 19.2 Å². The van der Waals surface area contributed by atoms with Crippen molar-refractivity contribution in [2.45, 2.75) is 6.61 Å². The van der Waals surface area contributed by atoms with Crippen molar-refractivity contribution in [3.8, 4) is 28.4 Å². The minimum Gasteiger partial charge on any atom is -0.506 e. The van der Waals surface area contributed by atoms with E-state index in [1.807, 2.05) is 65.2 Å². The fourth-order valence-corrected chi connectivity index (χ4v) is 5.13. The second kappa shape index (κ2) is 16.3. The highest BCUT2D eigenvalue weighted by molar-refractivity contribution is 6.35. The van der Waals surface area contributed by atoms with Crippen molar-refractivity contribution >= 4 is 57.3 Å². The van der Waals surface area contributed by atoms with Crippen molar-refractivity contribution in [3.63, 3.8) is 0 Å². The van der Waals surface area contributed by atoms with Crippen LogP contribution in [0.25, 0.3) is 33.1 Å². The van der Waals surface area contributed by atoms with Gasteiger partial charge < -0.3 is 44.6 Å². The summed E-state index contributed by atoms with van der Waals surface area (Å²) in [7, 11) is 0. The van der Waals surface area contributed by atoms with Crippen LogP contribution in [0.5, 0.6) is 17.2 Å². The third kappa shape index (κ3) is 8.79. The molecule has 15 nitrogen and oxygen atoms in total. The Hall–Kier alpha value is -7.13. The summed E-state index contributed by atoms with van der Waals surface area (Å²) in [4.78, 5) is 68.8. The summed E-state index contributed by atoms with van der Waals surface area (Å²) in [6, 6.07) is 26.3. The Balaban J connectivity index is 0.000000231. The molecule has 2 heterocycles. The normalized spacial score (nSPS) is 10.6. The van der Waals surface area contributed by atoms with Crippen LogP contribution in [0.1, 0.15) is 26.3 Å². The molecule has 0 bridgehead atoms. The Labute approximate surface area is 302 Å². The van der Waals surface area contributed by atoms with Gasteiger partial charge in [0.15, 0.2) is 16.7 Å². The van der Waals surface area contributed by atoms with Crippen LogP contribution in [0.2, 0.25) is 5.02 Å². The van der Waals surface area contributed by atoms with Crippen molar-refractivity contribution in [1.29, 1.82) is 0 Å². The number of carboxylic acid groups (broad SMARTS) is 2. The fraction of sp³-hybridized carbons (Fsp3) is 0.0811. The molecule has 0 saturated heterocycles. The van der Waals surface area contributed by atoms with Gasteiger partial charge in [0, 0.05) is 0 Å². The number of carbonyl (C=O) groups is 4. The minimum absolute atomic E-state index is 0.0496. The minimum atomic E-state index is -1.29. The van der Waals surface area contributed by atoms with E-state index in [1.165, 1.54) is 24.3 Å². The lowest BCUT2D eigenvalue weighted by molar-refractivity contribution is -0.136. The number of carboxylic acids is 2. The molecule has 0 fully saturated rings. The Kier molecular flexibility index (Phi) is 11.4. The van der Waals surface area contributed by atoms with E-state index in [9.17, 15) is 39.0 Å². The summed E-state index contributed by atoms with van der Waals surface area (Å²) in [6.07, 6.45) is 0. The van der Waals surface area contributed by atoms with Gasteiger partial charge in [0.05, 0.1) is 15.8 Å². The second-order valence-corrected chi connectivity index (χ2v) is 11.4. The van der Waals surface area contributed by atoms with Gasteiger partial charge in [-0.2, -0.15) is 0 Å². The molecule has 0 saturated carbocycles. The van der Waals surface area contributed by atoms with Gasteiger partial charge in [-0.15, -0.1) is 0 Å². The smallest absolute Gasteiger partial charge is 0.353 e. The lowest BCUT2D eigenvalue weighted by atomic mass is 10.0. The van der Waals surface area contributed by atoms with Crippen LogP contribution in [-0.4, -0.2) is 57.3 Å². The van der Waals surface area contributed by atoms with Crippen molar-refractivity contribution in [3.05, 3.63) is 134 Å². The first kappa shape index (κ1) is 37.1. The average Bonchev–Trinajstić information content (AvgIpc) is 3.13. The molecule has 2 amide bonds. The molecule has 0 aliphatic heterocycles. The number of nitrogens with one attached hydrogen (secondary N) is 2. The molecule has 4 aromatic carbocycles. The molecule has 0 aliphatic rings. The molecule has 0 unspecified atom stereocenters. The summed E-state index contributed by atoms with van der Waals surface area (Å²) in [5.74, 6) is -5.14. The summed E-state index contributed by atoms with van der Waals surface area (Å²) in [6.45, 7) is -0.949. The summed E-state index contributed by atoms with van der Waals surface area (Å²) >= 11 is 5.81. The van der Waals surface area contributed by atoms with Crippen LogP contribution in [0.15, 0.2) is 109 Å². The number of rotatable bonds is 10. The molecule has 0 spiro atoms. The predicted molar refractivity (Wildman–Crippen MR) is 189 cm³/mol. The first-order valence-electron chi connectivity index (χ1n) is 15.3. The molecule has 0 radical (unpaired) electrons. The number of hydrogen-bond donors (Lipinski definition) is 6. The Morgan fingerprint density at radius 2 is 1.23 bits per heavy atom. The number of halogens is 1. The van der Waals surface area contributed by atoms with Gasteiger partial charge in [-0.05, 0) is 53.1 Å². The maximum atomic E-state index is 12.2. The Bertz CT molecular complexity index is 2480. The van der Waals surface area contributed by atoms with Crippen LogP contribution in [0, 0.1) is 0 Å². The number of hydrogen-bond acceptors (Lipinski definition) is 11. The lowest BCUT2D eigenvalue weighted by Crippen LogP contribution is -2.32. The number of aromatic hydroxyl groups is 2. The zero-order valence-electron chi connectivity index (χ0n) is 27.1. The van der Waals surface area contributed by atoms with Crippen LogP contribution < -0.4 is 26.6 Å². The van der Waals surface area contributed by atoms with Gasteiger partial charge in [-0.1, -0.05) is 66.2 Å². The van der Waals surface area contributed by atoms with Crippen molar-refractivity contribution in [2.75, 3.05) is 13.1 Å². The van der Waals surface area contributed by atoms with E-state index in [4.69, 9.17) is 35.4 Å². The first-order chi connectivity index (χ1) is 25.3. The Morgan fingerprint density at radius 1 is 0.660 bits per heavy atom. The van der Waals surface area contributed by atoms with E-state index in [1.54, 1.807) is 12.1 Å². The van der Waals surface area contributed by atoms with E-state index >= 15 is 0 Å². The summed E-state index contributed by atoms with van der Waals surface area (Å²) in [5, 5.41) is 42.1. The molecular formula is C37H27ClN2O13. The number of benzene rings is 4. The van der Waals surface area contributed by atoms with Crippen LogP contribution in [0.3, 0.4) is 0 Å². The molecule has 16 heteroatoms. The molecule has 270 valence electrons. The van der Waals surface area contributed by atoms with Crippen LogP contribution in [0.4, 0.5) is 0 Å². The van der Waals surface area contributed by atoms with E-state index in [0.29, 0.717) is 17.9 Å². The van der Waals surface area contributed by atoms with Gasteiger partial charge in [0.1, 0.15) is 42.5 Å². The maximum Gasteiger partial charge on any atom is 0.353 e. The Morgan fingerprint density at radius 3 is 1.83 bits per heavy atom. The largest absolute Gasteiger partial charge is 0.506 e. The van der Waals surface area contributed by atoms with E-state index in [-0.39, 0.29) is 27.0 Å². The summed E-state index contributed by atoms with van der Waals surface area (Å²) < 4.78 is 15.8. The van der Waals surface area contributed by atoms with E-state index in [2.05, 4.69) is 0 Å². The molecular weight excluding hydrogens is 716 g/mol. The number of fused-ring (bicyclic) bond motifs is 2. The predicted octanol–water partition coefficient (Wildman–Crippen LogP) is 4.53. The van der Waals surface area contributed by atoms with Crippen molar-refractivity contribution in [1.82, 2.24) is 10.6 Å². The lowest BCUT2D eigenvalue weighted by Gasteiger charge is -2.10. The molecule has 0 atom stereocenters. The average molecular weight is 743 g/mol. The van der Waals surface area contributed by atoms with Gasteiger partial charge in [0.25, 0.3) is 11.8 Å². The quantitative estimate of drug-likeness (QED) is 0.106. The highest BCUT2D eigenvalue weighted by atomic mass is 35.5. The zero-order chi connectivity index (χ0) is 38.2. The number of amides is 2. The third-order valence-electron chi connectivity index (χ3n) is 7.43. The first-order valence-corrected chi connectivity index (χ1v) is 15.7. The third-order valence-corrected chi connectivity index (χ3v) is 7.72.